The molecule has 0 aromatic heterocycles. The molecule has 15 heavy (non-hydrogen) atoms. The second-order valence-corrected chi connectivity index (χ2v) is 5.62. The van der Waals surface area contributed by atoms with Gasteiger partial charge in [-0.1, -0.05) is 40.9 Å². The zero-order valence-corrected chi connectivity index (χ0v) is 11.0. The van der Waals surface area contributed by atoms with Gasteiger partial charge in [-0.15, -0.1) is 0 Å². The van der Waals surface area contributed by atoms with Crippen LogP contribution >= 0.6 is 27.5 Å². The van der Waals surface area contributed by atoms with E-state index in [4.69, 9.17) is 11.6 Å². The lowest BCUT2D eigenvalue weighted by Gasteiger charge is -2.11. The maximum absolute atomic E-state index is 10.4. The number of rotatable bonds is 3. The predicted molar refractivity (Wildman–Crippen MR) is 66.1 cm³/mol. The lowest BCUT2D eigenvalue weighted by Crippen LogP contribution is -2.08. The Morgan fingerprint density at radius 3 is 2.87 bits per heavy atom. The Balaban J connectivity index is 2.24. The molecule has 0 saturated heterocycles. The average molecular weight is 290 g/mol. The molecular formula is C12H14BrClO. The Hall–Kier alpha value is -0.0500. The van der Waals surface area contributed by atoms with Crippen LogP contribution in [0.25, 0.3) is 0 Å². The van der Waals surface area contributed by atoms with Gasteiger partial charge in [0.15, 0.2) is 0 Å². The molecule has 0 amide bonds. The Kier molecular flexibility index (Phi) is 3.11. The van der Waals surface area contributed by atoms with Gasteiger partial charge in [-0.05, 0) is 42.5 Å². The molecular weight excluding hydrogens is 275 g/mol. The highest BCUT2D eigenvalue weighted by atomic mass is 79.9. The van der Waals surface area contributed by atoms with Crippen molar-refractivity contribution in [3.05, 3.63) is 33.3 Å². The third-order valence-corrected chi connectivity index (χ3v) is 3.75. The van der Waals surface area contributed by atoms with Gasteiger partial charge in [0.05, 0.1) is 5.60 Å². The van der Waals surface area contributed by atoms with Gasteiger partial charge in [0.25, 0.3) is 0 Å². The highest BCUT2D eigenvalue weighted by molar-refractivity contribution is 9.10. The Morgan fingerprint density at radius 2 is 2.27 bits per heavy atom. The fraction of sp³-hybridized carbons (Fsp3) is 0.500. The van der Waals surface area contributed by atoms with Crippen molar-refractivity contribution in [2.24, 2.45) is 5.92 Å². The van der Waals surface area contributed by atoms with E-state index in [1.807, 2.05) is 18.2 Å². The number of halogens is 2. The minimum Gasteiger partial charge on any atom is -0.385 e. The van der Waals surface area contributed by atoms with E-state index in [-0.39, 0.29) is 0 Å². The van der Waals surface area contributed by atoms with E-state index in [0.29, 0.717) is 10.9 Å². The summed E-state index contributed by atoms with van der Waals surface area (Å²) in [5.41, 5.74) is 0.323. The van der Waals surface area contributed by atoms with E-state index in [1.165, 1.54) is 0 Å². The van der Waals surface area contributed by atoms with Crippen molar-refractivity contribution < 1.29 is 5.11 Å². The zero-order valence-electron chi connectivity index (χ0n) is 8.63. The van der Waals surface area contributed by atoms with E-state index >= 15 is 0 Å². The molecule has 1 fully saturated rings. The zero-order chi connectivity index (χ0) is 11.1. The molecule has 82 valence electrons. The maximum Gasteiger partial charge on any atom is 0.0930 e. The monoisotopic (exact) mass is 288 g/mol. The molecule has 1 aliphatic rings. The van der Waals surface area contributed by atoms with Gasteiger partial charge in [0, 0.05) is 9.50 Å². The average Bonchev–Trinajstić information content (AvgIpc) is 2.77. The lowest BCUT2D eigenvalue weighted by molar-refractivity contribution is 0.129. The van der Waals surface area contributed by atoms with Crippen LogP contribution in [0.15, 0.2) is 22.7 Å². The first-order chi connectivity index (χ1) is 7.06. The molecule has 3 heteroatoms. The van der Waals surface area contributed by atoms with Gasteiger partial charge in [-0.25, -0.2) is 0 Å². The number of hydrogen-bond donors (Lipinski definition) is 1. The van der Waals surface area contributed by atoms with Crippen LogP contribution in [-0.2, 0) is 5.60 Å². The van der Waals surface area contributed by atoms with Crippen LogP contribution in [0.3, 0.4) is 0 Å². The molecule has 2 rings (SSSR count). The van der Waals surface area contributed by atoms with Crippen molar-refractivity contribution in [1.29, 1.82) is 0 Å². The van der Waals surface area contributed by atoms with Crippen molar-refractivity contribution >= 4 is 27.5 Å². The number of aliphatic hydroxyl groups is 1. The summed E-state index contributed by atoms with van der Waals surface area (Å²) in [6.45, 7) is 2.15. The van der Waals surface area contributed by atoms with Crippen LogP contribution in [-0.4, -0.2) is 5.11 Å². The molecule has 1 aliphatic carbocycles. The summed E-state index contributed by atoms with van der Waals surface area (Å²) in [5.74, 6) is 0.410. The van der Waals surface area contributed by atoms with Gasteiger partial charge in [0.1, 0.15) is 0 Å². The van der Waals surface area contributed by atoms with Gasteiger partial charge in [-0.2, -0.15) is 0 Å². The quantitative estimate of drug-likeness (QED) is 0.888. The highest BCUT2D eigenvalue weighted by Gasteiger charge is 2.53. The van der Waals surface area contributed by atoms with E-state index in [0.717, 1.165) is 29.3 Å². The summed E-state index contributed by atoms with van der Waals surface area (Å²) in [6, 6.07) is 5.66. The Morgan fingerprint density at radius 1 is 1.53 bits per heavy atom. The third-order valence-electron chi connectivity index (χ3n) is 3.07. The van der Waals surface area contributed by atoms with Crippen LogP contribution in [0.4, 0.5) is 0 Å². The fourth-order valence-electron chi connectivity index (χ4n) is 2.16. The van der Waals surface area contributed by atoms with Crippen molar-refractivity contribution in [3.63, 3.8) is 0 Å². The molecule has 0 bridgehead atoms. The van der Waals surface area contributed by atoms with Crippen molar-refractivity contribution in [3.8, 4) is 0 Å². The summed E-state index contributed by atoms with van der Waals surface area (Å²) >= 11 is 9.36. The van der Waals surface area contributed by atoms with Crippen LogP contribution < -0.4 is 0 Å². The molecule has 1 saturated carbocycles. The summed E-state index contributed by atoms with van der Waals surface area (Å²) in [4.78, 5) is 0. The number of benzene rings is 1. The topological polar surface area (TPSA) is 20.2 Å². The Bertz CT molecular complexity index is 360. The number of hydrogen-bond acceptors (Lipinski definition) is 1. The maximum atomic E-state index is 10.4. The lowest BCUT2D eigenvalue weighted by atomic mass is 10.0. The highest BCUT2D eigenvalue weighted by Crippen LogP contribution is 2.54. The largest absolute Gasteiger partial charge is 0.385 e. The smallest absolute Gasteiger partial charge is 0.0930 e. The summed E-state index contributed by atoms with van der Waals surface area (Å²) in [5, 5.41) is 11.0. The molecule has 2 atom stereocenters. The van der Waals surface area contributed by atoms with Gasteiger partial charge in [0.2, 0.25) is 0 Å². The van der Waals surface area contributed by atoms with E-state index in [9.17, 15) is 5.11 Å². The standard InChI is InChI=1S/C12H14BrClO/c1-2-3-8-7-12(8,15)9-4-10(13)6-11(14)5-9/h4-6,8,15H,2-3,7H2,1H3. The second-order valence-electron chi connectivity index (χ2n) is 4.27. The molecule has 0 radical (unpaired) electrons. The van der Waals surface area contributed by atoms with Crippen molar-refractivity contribution in [2.45, 2.75) is 31.8 Å². The first kappa shape index (κ1) is 11.4. The van der Waals surface area contributed by atoms with E-state index in [2.05, 4.69) is 22.9 Å². The van der Waals surface area contributed by atoms with Crippen LogP contribution in [0.1, 0.15) is 31.7 Å². The molecule has 0 aliphatic heterocycles. The van der Waals surface area contributed by atoms with Crippen molar-refractivity contribution in [1.82, 2.24) is 0 Å². The normalized spacial score (nSPS) is 29.2. The van der Waals surface area contributed by atoms with Crippen molar-refractivity contribution in [2.75, 3.05) is 0 Å². The first-order valence-corrected chi connectivity index (χ1v) is 6.42. The molecule has 1 N–H and O–H groups in total. The summed E-state index contributed by atoms with van der Waals surface area (Å²) in [6.07, 6.45) is 3.07. The minimum absolute atomic E-state index is 0.410. The SMILES string of the molecule is CCCC1CC1(O)c1cc(Cl)cc(Br)c1. The molecule has 0 heterocycles. The molecule has 1 aromatic rings. The molecule has 2 unspecified atom stereocenters. The van der Waals surface area contributed by atoms with Crippen LogP contribution in [0.5, 0.6) is 0 Å². The first-order valence-electron chi connectivity index (χ1n) is 5.25. The van der Waals surface area contributed by atoms with E-state index < -0.39 is 5.60 Å². The van der Waals surface area contributed by atoms with Gasteiger partial charge >= 0.3 is 0 Å². The van der Waals surface area contributed by atoms with Gasteiger partial charge in [-0.3, -0.25) is 0 Å². The second kappa shape index (κ2) is 4.08. The fourth-order valence-corrected chi connectivity index (χ4v) is 3.02. The van der Waals surface area contributed by atoms with Gasteiger partial charge < -0.3 is 5.11 Å². The third kappa shape index (κ3) is 2.22. The summed E-state index contributed by atoms with van der Waals surface area (Å²) in [7, 11) is 0. The molecule has 1 nitrogen and oxygen atoms in total. The van der Waals surface area contributed by atoms with E-state index in [1.54, 1.807) is 0 Å². The van der Waals surface area contributed by atoms with Crippen LogP contribution in [0.2, 0.25) is 5.02 Å². The Labute approximate surface area is 104 Å². The minimum atomic E-state index is -0.622. The molecule has 0 spiro atoms. The summed E-state index contributed by atoms with van der Waals surface area (Å²) < 4.78 is 0.931. The van der Waals surface area contributed by atoms with Crippen LogP contribution in [0, 0.1) is 5.92 Å². The predicted octanol–water partition coefficient (Wildman–Crippen LogP) is 4.11. The molecule has 1 aromatic carbocycles.